The highest BCUT2D eigenvalue weighted by Gasteiger charge is 2.27. The molecule has 0 aromatic heterocycles. The summed E-state index contributed by atoms with van der Waals surface area (Å²) in [6.07, 6.45) is 0. The SMILES string of the molecule is CNC(=O)[C@H](C)S(=O)(=O)Cc1cc(C)ccc1C. The van der Waals surface area contributed by atoms with Crippen molar-refractivity contribution in [3.05, 3.63) is 34.9 Å². The Hall–Kier alpha value is -1.36. The van der Waals surface area contributed by atoms with Crippen molar-refractivity contribution in [2.24, 2.45) is 0 Å². The van der Waals surface area contributed by atoms with E-state index in [0.717, 1.165) is 16.7 Å². The molecule has 1 rings (SSSR count). The maximum atomic E-state index is 12.1. The fraction of sp³-hybridized carbons (Fsp3) is 0.462. The molecule has 0 saturated carbocycles. The van der Waals surface area contributed by atoms with E-state index in [4.69, 9.17) is 0 Å². The van der Waals surface area contributed by atoms with Gasteiger partial charge in [-0.25, -0.2) is 8.42 Å². The maximum Gasteiger partial charge on any atom is 0.237 e. The van der Waals surface area contributed by atoms with E-state index in [1.807, 2.05) is 32.0 Å². The number of nitrogens with one attached hydrogen (secondary N) is 1. The number of carbonyl (C=O) groups is 1. The van der Waals surface area contributed by atoms with Crippen LogP contribution in [0.3, 0.4) is 0 Å². The van der Waals surface area contributed by atoms with Crippen molar-refractivity contribution in [2.45, 2.75) is 31.8 Å². The molecule has 4 nitrogen and oxygen atoms in total. The van der Waals surface area contributed by atoms with Gasteiger partial charge < -0.3 is 5.32 Å². The van der Waals surface area contributed by atoms with Crippen LogP contribution in [-0.4, -0.2) is 26.6 Å². The van der Waals surface area contributed by atoms with E-state index in [1.165, 1.54) is 14.0 Å². The summed E-state index contributed by atoms with van der Waals surface area (Å²) in [5.74, 6) is -0.574. The average molecular weight is 269 g/mol. The van der Waals surface area contributed by atoms with Gasteiger partial charge in [-0.3, -0.25) is 4.79 Å². The molecule has 1 aromatic rings. The maximum absolute atomic E-state index is 12.1. The molecule has 0 aliphatic rings. The first-order valence-corrected chi connectivity index (χ1v) is 7.48. The highest BCUT2D eigenvalue weighted by Crippen LogP contribution is 2.17. The summed E-state index contributed by atoms with van der Waals surface area (Å²) in [4.78, 5) is 11.4. The fourth-order valence-corrected chi connectivity index (χ4v) is 3.10. The van der Waals surface area contributed by atoms with Crippen LogP contribution >= 0.6 is 0 Å². The van der Waals surface area contributed by atoms with E-state index in [-0.39, 0.29) is 5.75 Å². The van der Waals surface area contributed by atoms with Crippen LogP contribution in [0, 0.1) is 13.8 Å². The van der Waals surface area contributed by atoms with Crippen LogP contribution < -0.4 is 5.32 Å². The fourth-order valence-electron chi connectivity index (χ4n) is 1.66. The smallest absolute Gasteiger partial charge is 0.237 e. The van der Waals surface area contributed by atoms with E-state index < -0.39 is 21.0 Å². The normalized spacial score (nSPS) is 13.1. The predicted molar refractivity (Wildman–Crippen MR) is 72.1 cm³/mol. The van der Waals surface area contributed by atoms with Crippen LogP contribution in [0.25, 0.3) is 0 Å². The summed E-state index contributed by atoms with van der Waals surface area (Å²) < 4.78 is 24.2. The van der Waals surface area contributed by atoms with E-state index in [9.17, 15) is 13.2 Å². The second-order valence-electron chi connectivity index (χ2n) is 4.49. The summed E-state index contributed by atoms with van der Waals surface area (Å²) >= 11 is 0. The van der Waals surface area contributed by atoms with Crippen LogP contribution in [0.1, 0.15) is 23.6 Å². The van der Waals surface area contributed by atoms with Gasteiger partial charge in [-0.1, -0.05) is 23.8 Å². The Morgan fingerprint density at radius 3 is 2.50 bits per heavy atom. The standard InChI is InChI=1S/C13H19NO3S/c1-9-5-6-10(2)12(7-9)8-18(16,17)11(3)13(15)14-4/h5-7,11H,8H2,1-4H3,(H,14,15)/t11-/m0/s1. The Balaban J connectivity index is 3.02. The van der Waals surface area contributed by atoms with Crippen molar-refractivity contribution < 1.29 is 13.2 Å². The number of amides is 1. The number of hydrogen-bond acceptors (Lipinski definition) is 3. The molecule has 100 valence electrons. The van der Waals surface area contributed by atoms with Gasteiger partial charge in [-0.15, -0.1) is 0 Å². The summed E-state index contributed by atoms with van der Waals surface area (Å²) in [6.45, 7) is 5.20. The summed E-state index contributed by atoms with van der Waals surface area (Å²) in [5.41, 5.74) is 2.69. The minimum absolute atomic E-state index is 0.102. The Bertz CT molecular complexity index is 549. The number of benzene rings is 1. The molecule has 5 heteroatoms. The molecule has 18 heavy (non-hydrogen) atoms. The Morgan fingerprint density at radius 2 is 1.94 bits per heavy atom. The van der Waals surface area contributed by atoms with Gasteiger partial charge in [-0.05, 0) is 31.9 Å². The molecule has 0 aliphatic carbocycles. The summed E-state index contributed by atoms with van der Waals surface area (Å²) in [7, 11) is -2.04. The molecule has 1 atom stereocenters. The lowest BCUT2D eigenvalue weighted by Gasteiger charge is -2.13. The minimum atomic E-state index is -3.48. The van der Waals surface area contributed by atoms with E-state index in [0.29, 0.717) is 0 Å². The van der Waals surface area contributed by atoms with Crippen molar-refractivity contribution in [2.75, 3.05) is 7.05 Å². The number of carbonyl (C=O) groups excluding carboxylic acids is 1. The molecule has 0 saturated heterocycles. The summed E-state index contributed by atoms with van der Waals surface area (Å²) in [6, 6.07) is 5.68. The first-order chi connectivity index (χ1) is 8.27. The van der Waals surface area contributed by atoms with Gasteiger partial charge in [0.15, 0.2) is 9.84 Å². The van der Waals surface area contributed by atoms with Gasteiger partial charge in [0, 0.05) is 7.05 Å². The van der Waals surface area contributed by atoms with Gasteiger partial charge in [0.05, 0.1) is 5.75 Å². The summed E-state index contributed by atoms with van der Waals surface area (Å²) in [5, 5.41) is 1.34. The predicted octanol–water partition coefficient (Wildman–Crippen LogP) is 1.35. The molecular weight excluding hydrogens is 250 g/mol. The third-order valence-electron chi connectivity index (χ3n) is 3.02. The Kier molecular flexibility index (Phi) is 4.51. The second kappa shape index (κ2) is 5.52. The second-order valence-corrected chi connectivity index (χ2v) is 6.82. The van der Waals surface area contributed by atoms with Gasteiger partial charge in [0.25, 0.3) is 0 Å². The molecule has 0 spiro atoms. The molecule has 0 fully saturated rings. The third kappa shape index (κ3) is 3.32. The monoisotopic (exact) mass is 269 g/mol. The van der Waals surface area contributed by atoms with Crippen molar-refractivity contribution in [1.29, 1.82) is 0 Å². The zero-order valence-corrected chi connectivity index (χ0v) is 12.0. The van der Waals surface area contributed by atoms with Crippen molar-refractivity contribution in [3.63, 3.8) is 0 Å². The number of hydrogen-bond donors (Lipinski definition) is 1. The number of sulfone groups is 1. The van der Waals surface area contributed by atoms with E-state index in [1.54, 1.807) is 0 Å². The lowest BCUT2D eigenvalue weighted by molar-refractivity contribution is -0.119. The van der Waals surface area contributed by atoms with Gasteiger partial charge in [-0.2, -0.15) is 0 Å². The lowest BCUT2D eigenvalue weighted by atomic mass is 10.1. The van der Waals surface area contributed by atoms with Gasteiger partial charge in [0.1, 0.15) is 5.25 Å². The minimum Gasteiger partial charge on any atom is -0.358 e. The molecule has 0 aliphatic heterocycles. The number of aryl methyl sites for hydroxylation is 2. The molecule has 1 N–H and O–H groups in total. The van der Waals surface area contributed by atoms with Crippen LogP contribution in [-0.2, 0) is 20.4 Å². The average Bonchev–Trinajstić information content (AvgIpc) is 2.31. The first-order valence-electron chi connectivity index (χ1n) is 5.77. The Labute approximate surface area is 108 Å². The van der Waals surface area contributed by atoms with Gasteiger partial charge >= 0.3 is 0 Å². The topological polar surface area (TPSA) is 63.2 Å². The highest BCUT2D eigenvalue weighted by atomic mass is 32.2. The van der Waals surface area contributed by atoms with E-state index in [2.05, 4.69) is 5.32 Å². The molecule has 0 heterocycles. The molecule has 0 unspecified atom stereocenters. The molecular formula is C13H19NO3S. The van der Waals surface area contributed by atoms with E-state index >= 15 is 0 Å². The number of rotatable bonds is 4. The zero-order valence-electron chi connectivity index (χ0n) is 11.1. The van der Waals surface area contributed by atoms with Crippen LogP contribution in [0.4, 0.5) is 0 Å². The van der Waals surface area contributed by atoms with Crippen LogP contribution in [0.2, 0.25) is 0 Å². The van der Waals surface area contributed by atoms with Crippen molar-refractivity contribution in [3.8, 4) is 0 Å². The third-order valence-corrected chi connectivity index (χ3v) is 5.02. The quantitative estimate of drug-likeness (QED) is 0.897. The lowest BCUT2D eigenvalue weighted by Crippen LogP contribution is -2.36. The Morgan fingerprint density at radius 1 is 1.33 bits per heavy atom. The van der Waals surface area contributed by atoms with Crippen molar-refractivity contribution >= 4 is 15.7 Å². The largest absolute Gasteiger partial charge is 0.358 e. The van der Waals surface area contributed by atoms with Crippen molar-refractivity contribution in [1.82, 2.24) is 5.32 Å². The molecule has 0 bridgehead atoms. The molecule has 1 aromatic carbocycles. The molecule has 1 amide bonds. The first kappa shape index (κ1) is 14.7. The van der Waals surface area contributed by atoms with Crippen LogP contribution in [0.15, 0.2) is 18.2 Å². The van der Waals surface area contributed by atoms with Crippen LogP contribution in [0.5, 0.6) is 0 Å². The highest BCUT2D eigenvalue weighted by molar-refractivity contribution is 7.92. The van der Waals surface area contributed by atoms with Gasteiger partial charge in [0.2, 0.25) is 5.91 Å². The zero-order chi connectivity index (χ0) is 13.9. The molecule has 0 radical (unpaired) electrons.